The summed E-state index contributed by atoms with van der Waals surface area (Å²) in [5, 5.41) is 20.5. The molecule has 0 saturated carbocycles. The molecule has 7 nitrogen and oxygen atoms in total. The van der Waals surface area contributed by atoms with Gasteiger partial charge in [0.05, 0.1) is 22.0 Å². The van der Waals surface area contributed by atoms with Gasteiger partial charge in [0, 0.05) is 12.1 Å². The van der Waals surface area contributed by atoms with E-state index in [1.807, 2.05) is 60.7 Å². The van der Waals surface area contributed by atoms with Gasteiger partial charge < -0.3 is 0 Å². The second-order valence-electron chi connectivity index (χ2n) is 5.08. The number of benzene rings is 3. The van der Waals surface area contributed by atoms with Crippen LogP contribution in [0, 0.1) is 10.1 Å². The molecular formula is C18H15N5O2. The molecule has 0 amide bonds. The Kier molecular flexibility index (Phi) is 4.96. The van der Waals surface area contributed by atoms with Gasteiger partial charge >= 0.3 is 0 Å². The number of non-ortho nitro benzene ring substituents is 1. The molecule has 0 unspecified atom stereocenters. The van der Waals surface area contributed by atoms with Crippen LogP contribution in [0.2, 0.25) is 0 Å². The van der Waals surface area contributed by atoms with Crippen LogP contribution in [0.1, 0.15) is 0 Å². The molecule has 0 atom stereocenters. The second kappa shape index (κ2) is 7.69. The van der Waals surface area contributed by atoms with Crippen LogP contribution in [0.15, 0.2) is 95.3 Å². The zero-order valence-electron chi connectivity index (χ0n) is 13.2. The Labute approximate surface area is 144 Å². The minimum Gasteiger partial charge on any atom is -0.258 e. The van der Waals surface area contributed by atoms with E-state index in [0.29, 0.717) is 5.69 Å². The number of nitrogens with zero attached hydrogens (tertiary/aromatic N) is 4. The molecule has 124 valence electrons. The van der Waals surface area contributed by atoms with Crippen LogP contribution in [0.3, 0.4) is 0 Å². The van der Waals surface area contributed by atoms with E-state index in [-0.39, 0.29) is 5.69 Å². The third-order valence-electron chi connectivity index (χ3n) is 3.40. The van der Waals surface area contributed by atoms with Gasteiger partial charge in [-0.25, -0.2) is 5.01 Å². The van der Waals surface area contributed by atoms with Crippen molar-refractivity contribution in [1.29, 1.82) is 0 Å². The minimum absolute atomic E-state index is 0.0158. The molecule has 1 N–H and O–H groups in total. The average molecular weight is 333 g/mol. The summed E-state index contributed by atoms with van der Waals surface area (Å²) in [6.45, 7) is 0. The first-order valence-electron chi connectivity index (χ1n) is 7.55. The molecule has 25 heavy (non-hydrogen) atoms. The highest BCUT2D eigenvalue weighted by molar-refractivity contribution is 5.61. The number of nitro groups is 1. The summed E-state index contributed by atoms with van der Waals surface area (Å²) in [4.78, 5) is 10.2. The summed E-state index contributed by atoms with van der Waals surface area (Å²) in [7, 11) is 0. The van der Waals surface area contributed by atoms with E-state index in [1.165, 1.54) is 12.1 Å². The highest BCUT2D eigenvalue weighted by atomic mass is 16.6. The number of hydrazine groups is 1. The van der Waals surface area contributed by atoms with Crippen LogP contribution >= 0.6 is 0 Å². The molecule has 7 heteroatoms. The first-order chi connectivity index (χ1) is 12.2. The highest BCUT2D eigenvalue weighted by Gasteiger charge is 2.07. The molecule has 3 aromatic carbocycles. The van der Waals surface area contributed by atoms with E-state index < -0.39 is 4.92 Å². The van der Waals surface area contributed by atoms with Gasteiger partial charge in [0.15, 0.2) is 0 Å². The largest absolute Gasteiger partial charge is 0.269 e. The fourth-order valence-electron chi connectivity index (χ4n) is 2.18. The Hall–Kier alpha value is -3.74. The molecule has 0 aliphatic heterocycles. The van der Waals surface area contributed by atoms with Crippen LogP contribution in [-0.2, 0) is 0 Å². The number of nitrogens with one attached hydrogen (secondary N) is 1. The third kappa shape index (κ3) is 4.17. The van der Waals surface area contributed by atoms with Gasteiger partial charge in [0.25, 0.3) is 5.69 Å². The minimum atomic E-state index is -0.453. The molecular weight excluding hydrogens is 318 g/mol. The summed E-state index contributed by atoms with van der Waals surface area (Å²) in [5.74, 6) is 0. The highest BCUT2D eigenvalue weighted by Crippen LogP contribution is 2.23. The van der Waals surface area contributed by atoms with Gasteiger partial charge in [0.2, 0.25) is 0 Å². The fraction of sp³-hybridized carbons (Fsp3) is 0. The van der Waals surface area contributed by atoms with Crippen molar-refractivity contribution in [3.8, 4) is 0 Å². The number of nitro benzene ring substituents is 1. The van der Waals surface area contributed by atoms with Crippen LogP contribution < -0.4 is 10.5 Å². The van der Waals surface area contributed by atoms with E-state index in [0.717, 1.165) is 11.4 Å². The fourth-order valence-corrected chi connectivity index (χ4v) is 2.18. The van der Waals surface area contributed by atoms with Crippen molar-refractivity contribution in [2.75, 3.05) is 5.01 Å². The summed E-state index contributed by atoms with van der Waals surface area (Å²) in [6.07, 6.45) is 0. The molecule has 3 aromatic rings. The number of anilines is 2. The number of para-hydroxylation sites is 2. The monoisotopic (exact) mass is 333 g/mol. The van der Waals surface area contributed by atoms with E-state index in [9.17, 15) is 10.1 Å². The molecule has 0 spiro atoms. The number of rotatable bonds is 6. The summed E-state index contributed by atoms with van der Waals surface area (Å²) < 4.78 is 0. The maximum atomic E-state index is 10.7. The van der Waals surface area contributed by atoms with E-state index in [2.05, 4.69) is 15.9 Å². The van der Waals surface area contributed by atoms with Gasteiger partial charge in [-0.05, 0) is 36.4 Å². The average Bonchev–Trinajstić information content (AvgIpc) is 2.67. The molecule has 0 radical (unpaired) electrons. The molecule has 3 rings (SSSR count). The Morgan fingerprint density at radius 2 is 1.32 bits per heavy atom. The Balaban J connectivity index is 1.78. The van der Waals surface area contributed by atoms with E-state index in [1.54, 1.807) is 17.1 Å². The van der Waals surface area contributed by atoms with Crippen LogP contribution in [0.5, 0.6) is 0 Å². The molecule has 0 heterocycles. The van der Waals surface area contributed by atoms with Crippen molar-refractivity contribution in [3.05, 3.63) is 95.0 Å². The Morgan fingerprint density at radius 3 is 1.80 bits per heavy atom. The van der Waals surface area contributed by atoms with Crippen LogP contribution in [0.4, 0.5) is 22.7 Å². The first kappa shape index (κ1) is 16.1. The topological polar surface area (TPSA) is 83.1 Å². The second-order valence-corrected chi connectivity index (χ2v) is 5.08. The Bertz CT molecular complexity index is 812. The van der Waals surface area contributed by atoms with Crippen LogP contribution in [-0.4, -0.2) is 4.92 Å². The van der Waals surface area contributed by atoms with E-state index in [4.69, 9.17) is 0 Å². The normalized spacial score (nSPS) is 10.6. The van der Waals surface area contributed by atoms with Gasteiger partial charge in [-0.15, -0.1) is 5.11 Å². The summed E-state index contributed by atoms with van der Waals surface area (Å²) in [6, 6.07) is 25.2. The lowest BCUT2D eigenvalue weighted by Crippen LogP contribution is -2.28. The lowest BCUT2D eigenvalue weighted by Gasteiger charge is -2.22. The third-order valence-corrected chi connectivity index (χ3v) is 3.40. The number of hydrogen-bond donors (Lipinski definition) is 1. The standard InChI is InChI=1S/C18H15N5O2/c24-23(25)18-13-11-15(12-14-18)19-20-21-22(16-7-3-1-4-8-16)17-9-5-2-6-10-17/h1-14H,(H,19,21). The number of hydrogen-bond acceptors (Lipinski definition) is 5. The van der Waals surface area contributed by atoms with Gasteiger partial charge in [0.1, 0.15) is 0 Å². The first-order valence-corrected chi connectivity index (χ1v) is 7.55. The molecule has 0 aliphatic rings. The van der Waals surface area contributed by atoms with Crippen molar-refractivity contribution in [2.24, 2.45) is 10.3 Å². The van der Waals surface area contributed by atoms with Crippen molar-refractivity contribution in [2.45, 2.75) is 0 Å². The maximum absolute atomic E-state index is 10.7. The van der Waals surface area contributed by atoms with Gasteiger partial charge in [-0.1, -0.05) is 41.6 Å². The summed E-state index contributed by atoms with van der Waals surface area (Å²) >= 11 is 0. The van der Waals surface area contributed by atoms with Crippen molar-refractivity contribution in [1.82, 2.24) is 5.53 Å². The zero-order chi connectivity index (χ0) is 17.5. The summed E-state index contributed by atoms with van der Waals surface area (Å²) in [5.41, 5.74) is 5.22. The quantitative estimate of drug-likeness (QED) is 0.393. The molecule has 0 saturated heterocycles. The van der Waals surface area contributed by atoms with Crippen molar-refractivity contribution < 1.29 is 4.92 Å². The van der Waals surface area contributed by atoms with Crippen LogP contribution in [0.25, 0.3) is 0 Å². The molecule has 0 fully saturated rings. The predicted octanol–water partition coefficient (Wildman–Crippen LogP) is 4.94. The van der Waals surface area contributed by atoms with E-state index >= 15 is 0 Å². The molecule has 0 bridgehead atoms. The zero-order valence-corrected chi connectivity index (χ0v) is 13.2. The molecule has 0 aliphatic carbocycles. The predicted molar refractivity (Wildman–Crippen MR) is 95.8 cm³/mol. The van der Waals surface area contributed by atoms with Gasteiger partial charge in [-0.3, -0.25) is 10.1 Å². The Morgan fingerprint density at radius 1 is 0.800 bits per heavy atom. The maximum Gasteiger partial charge on any atom is 0.269 e. The van der Waals surface area contributed by atoms with Crippen molar-refractivity contribution in [3.63, 3.8) is 0 Å². The smallest absolute Gasteiger partial charge is 0.258 e. The SMILES string of the molecule is O=[N+]([O-])c1ccc(N=NNN(c2ccccc2)c2ccccc2)cc1. The lowest BCUT2D eigenvalue weighted by atomic mass is 10.2. The molecule has 0 aromatic heterocycles. The van der Waals surface area contributed by atoms with Gasteiger partial charge in [-0.2, -0.15) is 5.53 Å². The van der Waals surface area contributed by atoms with Crippen molar-refractivity contribution >= 4 is 22.7 Å². The lowest BCUT2D eigenvalue weighted by molar-refractivity contribution is -0.384.